The van der Waals surface area contributed by atoms with E-state index in [4.69, 9.17) is 0 Å². The second kappa shape index (κ2) is 6.51. The number of rotatable bonds is 5. The van der Waals surface area contributed by atoms with Crippen LogP contribution < -0.4 is 0 Å². The molecule has 1 nitrogen and oxygen atoms in total. The predicted molar refractivity (Wildman–Crippen MR) is 80.2 cm³/mol. The van der Waals surface area contributed by atoms with Crippen molar-refractivity contribution in [2.75, 3.05) is 0 Å². The number of carbonyl (C=O) groups is 1. The molecule has 1 unspecified atom stereocenters. The van der Waals surface area contributed by atoms with E-state index in [1.54, 1.807) is 0 Å². The highest BCUT2D eigenvalue weighted by Crippen LogP contribution is 2.42. The lowest BCUT2D eigenvalue weighted by atomic mass is 9.64. The monoisotopic (exact) mass is 276 g/mol. The van der Waals surface area contributed by atoms with Gasteiger partial charge in [0.05, 0.1) is 5.41 Å². The summed E-state index contributed by atoms with van der Waals surface area (Å²) in [5.74, 6) is 0.238. The third-order valence-electron chi connectivity index (χ3n) is 4.74. The highest BCUT2D eigenvalue weighted by atomic mass is 19.1. The average molecular weight is 276 g/mol. The number of Topliss-reactive ketones (excluding diaryl/α,β-unsaturated/α-hetero) is 1. The minimum Gasteiger partial charge on any atom is -0.298 e. The largest absolute Gasteiger partial charge is 0.298 e. The lowest BCUT2D eigenvalue weighted by molar-refractivity contribution is -0.129. The zero-order valence-electron chi connectivity index (χ0n) is 12.6. The third-order valence-corrected chi connectivity index (χ3v) is 4.74. The highest BCUT2D eigenvalue weighted by molar-refractivity contribution is 5.92. The second-order valence-corrected chi connectivity index (χ2v) is 6.20. The number of halogens is 1. The van der Waals surface area contributed by atoms with Crippen LogP contribution in [0, 0.1) is 11.7 Å². The molecule has 0 saturated heterocycles. The molecule has 1 aromatic carbocycles. The maximum absolute atomic E-state index is 13.2. The molecular formula is C18H25FO. The molecule has 1 atom stereocenters. The zero-order chi connectivity index (χ0) is 14.6. The molecule has 110 valence electrons. The van der Waals surface area contributed by atoms with Crippen LogP contribution in [0.4, 0.5) is 4.39 Å². The van der Waals surface area contributed by atoms with Gasteiger partial charge in [-0.05, 0) is 37.0 Å². The van der Waals surface area contributed by atoms with Crippen LogP contribution in [0.3, 0.4) is 0 Å². The Hall–Kier alpha value is -1.18. The summed E-state index contributed by atoms with van der Waals surface area (Å²) in [6, 6.07) is 6.61. The van der Waals surface area contributed by atoms with Crippen molar-refractivity contribution in [3.05, 3.63) is 35.6 Å². The van der Waals surface area contributed by atoms with Crippen molar-refractivity contribution in [1.29, 1.82) is 0 Å². The van der Waals surface area contributed by atoms with Gasteiger partial charge in [0, 0.05) is 5.92 Å². The van der Waals surface area contributed by atoms with Crippen molar-refractivity contribution in [3.63, 3.8) is 0 Å². The van der Waals surface area contributed by atoms with Crippen molar-refractivity contribution >= 4 is 5.78 Å². The van der Waals surface area contributed by atoms with Crippen molar-refractivity contribution in [3.8, 4) is 0 Å². The molecule has 0 N–H and O–H groups in total. The van der Waals surface area contributed by atoms with Gasteiger partial charge in [-0.1, -0.05) is 51.7 Å². The summed E-state index contributed by atoms with van der Waals surface area (Å²) in [5, 5.41) is 0. The Morgan fingerprint density at radius 3 is 2.35 bits per heavy atom. The van der Waals surface area contributed by atoms with E-state index in [9.17, 15) is 9.18 Å². The fraction of sp³-hybridized carbons (Fsp3) is 0.611. The number of benzene rings is 1. The van der Waals surface area contributed by atoms with Crippen LogP contribution in [0.5, 0.6) is 0 Å². The fourth-order valence-corrected chi connectivity index (χ4v) is 3.64. The molecule has 0 spiro atoms. The summed E-state index contributed by atoms with van der Waals surface area (Å²) in [6.07, 6.45) is 7.23. The summed E-state index contributed by atoms with van der Waals surface area (Å²) in [4.78, 5) is 13.0. The van der Waals surface area contributed by atoms with Crippen LogP contribution in [0.1, 0.15) is 64.4 Å². The van der Waals surface area contributed by atoms with Gasteiger partial charge in [-0.3, -0.25) is 4.79 Å². The van der Waals surface area contributed by atoms with E-state index in [0.717, 1.165) is 44.1 Å². The van der Waals surface area contributed by atoms with Gasteiger partial charge in [-0.25, -0.2) is 4.39 Å². The Labute approximate surface area is 121 Å². The molecule has 0 aliphatic heterocycles. The first-order chi connectivity index (χ1) is 9.60. The topological polar surface area (TPSA) is 17.1 Å². The number of ketones is 1. The third kappa shape index (κ3) is 2.94. The molecule has 2 rings (SSSR count). The van der Waals surface area contributed by atoms with Crippen molar-refractivity contribution in [2.24, 2.45) is 5.92 Å². The lowest BCUT2D eigenvalue weighted by Gasteiger charge is -2.38. The Balaban J connectivity index is 2.34. The number of hydrogen-bond donors (Lipinski definition) is 0. The van der Waals surface area contributed by atoms with E-state index < -0.39 is 0 Å². The number of hydrogen-bond acceptors (Lipinski definition) is 1. The van der Waals surface area contributed by atoms with Crippen LogP contribution in [0.2, 0.25) is 0 Å². The molecule has 2 heteroatoms. The quantitative estimate of drug-likeness (QED) is 0.737. The number of carbonyl (C=O) groups excluding carboxylic acids is 1. The predicted octanol–water partition coefficient (Wildman–Crippen LogP) is 5.03. The van der Waals surface area contributed by atoms with Gasteiger partial charge in [0.25, 0.3) is 0 Å². The first-order valence-electron chi connectivity index (χ1n) is 7.90. The van der Waals surface area contributed by atoms with Gasteiger partial charge >= 0.3 is 0 Å². The van der Waals surface area contributed by atoms with Crippen LogP contribution in [-0.2, 0) is 10.2 Å². The minimum absolute atomic E-state index is 0.100. The van der Waals surface area contributed by atoms with Crippen LogP contribution in [0.15, 0.2) is 24.3 Å². The Morgan fingerprint density at radius 2 is 1.80 bits per heavy atom. The summed E-state index contributed by atoms with van der Waals surface area (Å²) >= 11 is 0. The molecule has 1 aliphatic rings. The van der Waals surface area contributed by atoms with E-state index in [-0.39, 0.29) is 17.2 Å². The first-order valence-corrected chi connectivity index (χ1v) is 7.90. The molecule has 0 bridgehead atoms. The van der Waals surface area contributed by atoms with E-state index in [0.29, 0.717) is 5.78 Å². The van der Waals surface area contributed by atoms with E-state index >= 15 is 0 Å². The normalized spacial score (nSPS) is 19.6. The molecule has 1 aromatic rings. The lowest BCUT2D eigenvalue weighted by Crippen LogP contribution is -2.41. The molecule has 0 aromatic heterocycles. The molecule has 20 heavy (non-hydrogen) atoms. The Morgan fingerprint density at radius 1 is 1.20 bits per heavy atom. The van der Waals surface area contributed by atoms with Gasteiger partial charge in [0.1, 0.15) is 11.6 Å². The highest BCUT2D eigenvalue weighted by Gasteiger charge is 2.42. The van der Waals surface area contributed by atoms with Crippen LogP contribution >= 0.6 is 0 Å². The molecular weight excluding hydrogens is 251 g/mol. The molecule has 0 radical (unpaired) electrons. The molecule has 1 aliphatic carbocycles. The summed E-state index contributed by atoms with van der Waals surface area (Å²) < 4.78 is 13.2. The molecule has 1 saturated carbocycles. The standard InChI is InChI=1S/C18H25FO/c1-3-7-14(2)17(20)18(12-5-4-6-13-18)15-8-10-16(19)11-9-15/h8-11,14H,3-7,12-13H2,1-2H3. The molecule has 0 heterocycles. The minimum atomic E-state index is -0.361. The summed E-state index contributed by atoms with van der Waals surface area (Å²) in [5.41, 5.74) is 0.659. The van der Waals surface area contributed by atoms with Crippen LogP contribution in [0.25, 0.3) is 0 Å². The summed E-state index contributed by atoms with van der Waals surface area (Å²) in [6.45, 7) is 4.17. The summed E-state index contributed by atoms with van der Waals surface area (Å²) in [7, 11) is 0. The SMILES string of the molecule is CCCC(C)C(=O)C1(c2ccc(F)cc2)CCCCC1. The van der Waals surface area contributed by atoms with Crippen molar-refractivity contribution in [1.82, 2.24) is 0 Å². The average Bonchev–Trinajstić information content (AvgIpc) is 2.48. The Kier molecular flexibility index (Phi) is 4.95. The maximum atomic E-state index is 13.2. The van der Waals surface area contributed by atoms with Gasteiger partial charge in [-0.15, -0.1) is 0 Å². The smallest absolute Gasteiger partial charge is 0.146 e. The van der Waals surface area contributed by atoms with Gasteiger partial charge in [-0.2, -0.15) is 0 Å². The van der Waals surface area contributed by atoms with Crippen molar-refractivity contribution in [2.45, 2.75) is 64.2 Å². The zero-order valence-corrected chi connectivity index (χ0v) is 12.6. The molecule has 1 fully saturated rings. The van der Waals surface area contributed by atoms with E-state index in [1.165, 1.54) is 18.6 Å². The van der Waals surface area contributed by atoms with Gasteiger partial charge < -0.3 is 0 Å². The van der Waals surface area contributed by atoms with Gasteiger partial charge in [0.15, 0.2) is 0 Å². The Bertz CT molecular complexity index is 443. The van der Waals surface area contributed by atoms with Crippen LogP contribution in [-0.4, -0.2) is 5.78 Å². The second-order valence-electron chi connectivity index (χ2n) is 6.20. The van der Waals surface area contributed by atoms with E-state index in [1.807, 2.05) is 19.1 Å². The van der Waals surface area contributed by atoms with Gasteiger partial charge in [0.2, 0.25) is 0 Å². The van der Waals surface area contributed by atoms with Crippen molar-refractivity contribution < 1.29 is 9.18 Å². The fourth-order valence-electron chi connectivity index (χ4n) is 3.64. The van der Waals surface area contributed by atoms with E-state index in [2.05, 4.69) is 6.92 Å². The molecule has 0 amide bonds. The maximum Gasteiger partial charge on any atom is 0.146 e. The first kappa shape index (κ1) is 15.2.